The molecule has 0 saturated heterocycles. The van der Waals surface area contributed by atoms with Gasteiger partial charge in [-0.3, -0.25) is 4.79 Å². The summed E-state index contributed by atoms with van der Waals surface area (Å²) in [6.07, 6.45) is 0.683. The molecule has 1 unspecified atom stereocenters. The first kappa shape index (κ1) is 14.3. The number of rotatable bonds is 3. The number of benzene rings is 1. The van der Waals surface area contributed by atoms with Crippen molar-refractivity contribution in [2.24, 2.45) is 22.7 Å². The smallest absolute Gasteiger partial charge is 0.238 e. The summed E-state index contributed by atoms with van der Waals surface area (Å²) in [7, 11) is 0. The molecule has 1 aromatic carbocycles. The van der Waals surface area contributed by atoms with E-state index in [0.29, 0.717) is 18.7 Å². The second-order valence-electron chi connectivity index (χ2n) is 5.26. The number of hydrogen-bond acceptors (Lipinski definition) is 3. The van der Waals surface area contributed by atoms with Gasteiger partial charge in [0.1, 0.15) is 11.7 Å². The molecule has 6 heteroatoms. The van der Waals surface area contributed by atoms with E-state index in [9.17, 15) is 9.18 Å². The van der Waals surface area contributed by atoms with Gasteiger partial charge in [0.25, 0.3) is 0 Å². The molecule has 1 aliphatic heterocycles. The summed E-state index contributed by atoms with van der Waals surface area (Å²) in [6, 6.07) is 4.42. The quantitative estimate of drug-likeness (QED) is 0.383. The summed E-state index contributed by atoms with van der Waals surface area (Å²) in [5, 5.41) is 11.8. The van der Waals surface area contributed by atoms with Crippen LogP contribution in [0.4, 0.5) is 10.1 Å². The molecular weight excluding hydrogens is 261 g/mol. The van der Waals surface area contributed by atoms with Gasteiger partial charge in [0.15, 0.2) is 5.84 Å². The Morgan fingerprint density at radius 1 is 1.50 bits per heavy atom. The SMILES string of the molecule is CC(C)C(C(=O)N1CCc2ccc(F)cc21)/C(N)=N/O. The van der Waals surface area contributed by atoms with E-state index in [1.54, 1.807) is 6.07 Å². The predicted octanol–water partition coefficient (Wildman–Crippen LogP) is 1.73. The van der Waals surface area contributed by atoms with Crippen molar-refractivity contribution in [2.75, 3.05) is 11.4 Å². The maximum absolute atomic E-state index is 13.4. The van der Waals surface area contributed by atoms with Gasteiger partial charge in [-0.15, -0.1) is 0 Å². The van der Waals surface area contributed by atoms with E-state index in [1.807, 2.05) is 13.8 Å². The molecule has 20 heavy (non-hydrogen) atoms. The molecule has 0 spiro atoms. The van der Waals surface area contributed by atoms with Crippen LogP contribution < -0.4 is 10.6 Å². The van der Waals surface area contributed by atoms with Gasteiger partial charge >= 0.3 is 0 Å². The molecule has 3 N–H and O–H groups in total. The number of carbonyl (C=O) groups is 1. The molecule has 0 fully saturated rings. The van der Waals surface area contributed by atoms with Crippen LogP contribution in [0.3, 0.4) is 0 Å². The number of amidine groups is 1. The maximum atomic E-state index is 13.4. The van der Waals surface area contributed by atoms with Crippen LogP contribution >= 0.6 is 0 Å². The first-order chi connectivity index (χ1) is 9.45. The van der Waals surface area contributed by atoms with E-state index in [-0.39, 0.29) is 23.5 Å². The third-order valence-corrected chi connectivity index (χ3v) is 3.58. The van der Waals surface area contributed by atoms with Crippen molar-refractivity contribution in [3.8, 4) is 0 Å². The van der Waals surface area contributed by atoms with Crippen molar-refractivity contribution in [1.29, 1.82) is 0 Å². The van der Waals surface area contributed by atoms with Gasteiger partial charge < -0.3 is 15.8 Å². The molecule has 1 aromatic rings. The predicted molar refractivity (Wildman–Crippen MR) is 74.2 cm³/mol. The van der Waals surface area contributed by atoms with Crippen molar-refractivity contribution >= 4 is 17.4 Å². The molecule has 1 amide bonds. The standard InChI is InChI=1S/C14H18FN3O2/c1-8(2)12(13(16)17-20)14(19)18-6-5-9-3-4-10(15)7-11(9)18/h3-4,7-8,12,20H,5-6H2,1-2H3,(H2,16,17). The van der Waals surface area contributed by atoms with Crippen LogP contribution in [0.1, 0.15) is 19.4 Å². The Kier molecular flexibility index (Phi) is 3.92. The van der Waals surface area contributed by atoms with Crippen LogP contribution in [0.25, 0.3) is 0 Å². The van der Waals surface area contributed by atoms with E-state index in [2.05, 4.69) is 5.16 Å². The van der Waals surface area contributed by atoms with Crippen LogP contribution in [0.5, 0.6) is 0 Å². The summed E-state index contributed by atoms with van der Waals surface area (Å²) >= 11 is 0. The Balaban J connectivity index is 2.34. The minimum atomic E-state index is -0.714. The number of carbonyl (C=O) groups excluding carboxylic acids is 1. The van der Waals surface area contributed by atoms with Crippen molar-refractivity contribution in [1.82, 2.24) is 0 Å². The van der Waals surface area contributed by atoms with Crippen LogP contribution in [-0.4, -0.2) is 23.5 Å². The summed E-state index contributed by atoms with van der Waals surface area (Å²) in [4.78, 5) is 14.1. The summed E-state index contributed by atoms with van der Waals surface area (Å²) in [5.74, 6) is -1.59. The number of amides is 1. The Morgan fingerprint density at radius 3 is 2.80 bits per heavy atom. The summed E-state index contributed by atoms with van der Waals surface area (Å²) < 4.78 is 13.4. The molecule has 0 bridgehead atoms. The Labute approximate surface area is 116 Å². The van der Waals surface area contributed by atoms with Crippen molar-refractivity contribution in [3.63, 3.8) is 0 Å². The fourth-order valence-electron chi connectivity index (χ4n) is 2.56. The molecule has 0 saturated carbocycles. The number of halogens is 1. The van der Waals surface area contributed by atoms with Crippen molar-refractivity contribution in [3.05, 3.63) is 29.6 Å². The first-order valence-electron chi connectivity index (χ1n) is 6.53. The lowest BCUT2D eigenvalue weighted by Crippen LogP contribution is -2.43. The van der Waals surface area contributed by atoms with Gasteiger partial charge in [0.2, 0.25) is 5.91 Å². The number of oxime groups is 1. The molecule has 0 aliphatic carbocycles. The Bertz CT molecular complexity index is 557. The van der Waals surface area contributed by atoms with Gasteiger partial charge in [-0.1, -0.05) is 25.1 Å². The fourth-order valence-corrected chi connectivity index (χ4v) is 2.56. The summed E-state index contributed by atoms with van der Waals surface area (Å²) in [6.45, 7) is 4.13. The van der Waals surface area contributed by atoms with Crippen LogP contribution in [-0.2, 0) is 11.2 Å². The number of nitrogens with two attached hydrogens (primary N) is 1. The van der Waals surface area contributed by atoms with Gasteiger partial charge in [-0.2, -0.15) is 0 Å². The van der Waals surface area contributed by atoms with Crippen molar-refractivity contribution < 1.29 is 14.4 Å². The highest BCUT2D eigenvalue weighted by molar-refractivity contribution is 6.09. The molecular formula is C14H18FN3O2. The highest BCUT2D eigenvalue weighted by Crippen LogP contribution is 2.31. The number of hydrogen-bond donors (Lipinski definition) is 2. The lowest BCUT2D eigenvalue weighted by atomic mass is 9.93. The van der Waals surface area contributed by atoms with Crippen LogP contribution in [0.2, 0.25) is 0 Å². The Morgan fingerprint density at radius 2 is 2.20 bits per heavy atom. The molecule has 5 nitrogen and oxygen atoms in total. The molecule has 2 rings (SSSR count). The monoisotopic (exact) mass is 279 g/mol. The largest absolute Gasteiger partial charge is 0.409 e. The van der Waals surface area contributed by atoms with Gasteiger partial charge in [-0.25, -0.2) is 4.39 Å². The summed E-state index contributed by atoms with van der Waals surface area (Å²) in [5.41, 5.74) is 7.12. The van der Waals surface area contributed by atoms with Gasteiger partial charge in [0, 0.05) is 12.2 Å². The third kappa shape index (κ3) is 2.45. The van der Waals surface area contributed by atoms with E-state index in [0.717, 1.165) is 5.56 Å². The average molecular weight is 279 g/mol. The normalized spacial score (nSPS) is 16.4. The third-order valence-electron chi connectivity index (χ3n) is 3.58. The van der Waals surface area contributed by atoms with Crippen LogP contribution in [0.15, 0.2) is 23.4 Å². The lowest BCUT2D eigenvalue weighted by molar-refractivity contribution is -0.121. The number of anilines is 1. The molecule has 1 aliphatic rings. The lowest BCUT2D eigenvalue weighted by Gasteiger charge is -2.25. The van der Waals surface area contributed by atoms with Gasteiger partial charge in [0.05, 0.1) is 0 Å². The molecule has 1 atom stereocenters. The van der Waals surface area contributed by atoms with E-state index in [1.165, 1.54) is 17.0 Å². The molecule has 0 aromatic heterocycles. The topological polar surface area (TPSA) is 78.9 Å². The minimum absolute atomic E-state index is 0.115. The van der Waals surface area contributed by atoms with E-state index >= 15 is 0 Å². The minimum Gasteiger partial charge on any atom is -0.409 e. The van der Waals surface area contributed by atoms with Crippen molar-refractivity contribution in [2.45, 2.75) is 20.3 Å². The van der Waals surface area contributed by atoms with E-state index < -0.39 is 5.92 Å². The maximum Gasteiger partial charge on any atom is 0.238 e. The second-order valence-corrected chi connectivity index (χ2v) is 5.26. The molecule has 1 heterocycles. The Hall–Kier alpha value is -2.11. The van der Waals surface area contributed by atoms with E-state index in [4.69, 9.17) is 10.9 Å². The van der Waals surface area contributed by atoms with Gasteiger partial charge in [-0.05, 0) is 30.0 Å². The highest BCUT2D eigenvalue weighted by atomic mass is 19.1. The molecule has 108 valence electrons. The number of fused-ring (bicyclic) bond motifs is 1. The number of nitrogens with zero attached hydrogens (tertiary/aromatic N) is 2. The highest BCUT2D eigenvalue weighted by Gasteiger charge is 2.34. The zero-order valence-corrected chi connectivity index (χ0v) is 11.5. The average Bonchev–Trinajstić information content (AvgIpc) is 2.80. The second kappa shape index (κ2) is 5.48. The van der Waals surface area contributed by atoms with Crippen LogP contribution in [0, 0.1) is 17.7 Å². The molecule has 0 radical (unpaired) electrons. The first-order valence-corrected chi connectivity index (χ1v) is 6.53. The fraction of sp³-hybridized carbons (Fsp3) is 0.429. The zero-order chi connectivity index (χ0) is 14.9. The zero-order valence-electron chi connectivity index (χ0n) is 11.5.